The minimum Gasteiger partial charge on any atom is -0.394 e. The van der Waals surface area contributed by atoms with Crippen molar-refractivity contribution in [3.05, 3.63) is 0 Å². The molecule has 98 valence electrons. The maximum atomic E-state index is 12.4. The summed E-state index contributed by atoms with van der Waals surface area (Å²) < 4.78 is 5.29. The molecule has 2 heterocycles. The van der Waals surface area contributed by atoms with E-state index in [1.807, 2.05) is 0 Å². The lowest BCUT2D eigenvalue weighted by molar-refractivity contribution is -0.144. The fraction of sp³-hybridized carbons (Fsp3) is 0.917. The molecule has 0 aromatic carbocycles. The van der Waals surface area contributed by atoms with Crippen LogP contribution in [0.3, 0.4) is 0 Å². The number of ether oxygens (including phenoxy) is 1. The fourth-order valence-electron chi connectivity index (χ4n) is 2.54. The number of aliphatic hydroxyl groups excluding tert-OH is 1. The highest BCUT2D eigenvalue weighted by atomic mass is 16.5. The summed E-state index contributed by atoms with van der Waals surface area (Å²) in [7, 11) is 0. The molecule has 2 unspecified atom stereocenters. The Kier molecular flexibility index (Phi) is 4.76. The standard InChI is InChI=1S/C12H22N2O3/c15-8-10-9-17-7-6-14(10)12(16)11-4-2-1-3-5-13-11/h10-11,13,15H,1-9H2. The summed E-state index contributed by atoms with van der Waals surface area (Å²) in [6.07, 6.45) is 4.37. The van der Waals surface area contributed by atoms with Gasteiger partial charge in [-0.25, -0.2) is 0 Å². The normalized spacial score (nSPS) is 31.0. The van der Waals surface area contributed by atoms with Gasteiger partial charge in [-0.15, -0.1) is 0 Å². The third-order valence-corrected chi connectivity index (χ3v) is 3.58. The van der Waals surface area contributed by atoms with Gasteiger partial charge in [-0.2, -0.15) is 0 Å². The van der Waals surface area contributed by atoms with Gasteiger partial charge in [0.15, 0.2) is 0 Å². The zero-order valence-electron chi connectivity index (χ0n) is 10.2. The van der Waals surface area contributed by atoms with Crippen LogP contribution < -0.4 is 5.32 Å². The molecule has 1 amide bonds. The number of nitrogens with one attached hydrogen (secondary N) is 1. The van der Waals surface area contributed by atoms with Crippen molar-refractivity contribution in [2.24, 2.45) is 0 Å². The van der Waals surface area contributed by atoms with E-state index in [1.54, 1.807) is 4.90 Å². The molecule has 0 spiro atoms. The molecule has 2 aliphatic heterocycles. The van der Waals surface area contributed by atoms with Crippen LogP contribution in [0.15, 0.2) is 0 Å². The van der Waals surface area contributed by atoms with E-state index < -0.39 is 0 Å². The van der Waals surface area contributed by atoms with E-state index in [1.165, 1.54) is 6.42 Å². The van der Waals surface area contributed by atoms with E-state index >= 15 is 0 Å². The summed E-state index contributed by atoms with van der Waals surface area (Å²) in [5, 5.41) is 12.6. The van der Waals surface area contributed by atoms with Crippen molar-refractivity contribution in [2.75, 3.05) is 32.9 Å². The molecule has 0 aliphatic carbocycles. The molecule has 0 aromatic rings. The zero-order chi connectivity index (χ0) is 12.1. The lowest BCUT2D eigenvalue weighted by atomic mass is 10.1. The Balaban J connectivity index is 1.96. The first kappa shape index (κ1) is 12.8. The average Bonchev–Trinajstić information content (AvgIpc) is 2.66. The van der Waals surface area contributed by atoms with Crippen molar-refractivity contribution in [2.45, 2.75) is 37.8 Å². The summed E-state index contributed by atoms with van der Waals surface area (Å²) in [5.74, 6) is 0.134. The number of hydrogen-bond acceptors (Lipinski definition) is 4. The topological polar surface area (TPSA) is 61.8 Å². The number of morpholine rings is 1. The molecule has 2 aliphatic rings. The molecule has 0 bridgehead atoms. The predicted octanol–water partition coefficient (Wildman–Crippen LogP) is -0.262. The second-order valence-corrected chi connectivity index (χ2v) is 4.80. The van der Waals surface area contributed by atoms with Crippen LogP contribution in [0.1, 0.15) is 25.7 Å². The summed E-state index contributed by atoms with van der Waals surface area (Å²) in [6, 6.07) is -0.231. The van der Waals surface area contributed by atoms with E-state index in [9.17, 15) is 9.90 Å². The number of aliphatic hydroxyl groups is 1. The predicted molar refractivity (Wildman–Crippen MR) is 63.7 cm³/mol. The summed E-state index contributed by atoms with van der Waals surface area (Å²) >= 11 is 0. The molecule has 2 atom stereocenters. The second-order valence-electron chi connectivity index (χ2n) is 4.80. The van der Waals surface area contributed by atoms with Crippen LogP contribution in [0.4, 0.5) is 0 Å². The quantitative estimate of drug-likeness (QED) is 0.700. The van der Waals surface area contributed by atoms with Crippen molar-refractivity contribution in [3.8, 4) is 0 Å². The Morgan fingerprint density at radius 1 is 1.41 bits per heavy atom. The van der Waals surface area contributed by atoms with E-state index in [0.29, 0.717) is 19.8 Å². The van der Waals surface area contributed by atoms with Gasteiger partial charge < -0.3 is 20.1 Å². The lowest BCUT2D eigenvalue weighted by Gasteiger charge is -2.36. The third-order valence-electron chi connectivity index (χ3n) is 3.58. The smallest absolute Gasteiger partial charge is 0.240 e. The number of carbonyl (C=O) groups excluding carboxylic acids is 1. The fourth-order valence-corrected chi connectivity index (χ4v) is 2.54. The highest BCUT2D eigenvalue weighted by molar-refractivity contribution is 5.82. The van der Waals surface area contributed by atoms with Crippen LogP contribution in [0, 0.1) is 0 Å². The number of rotatable bonds is 2. The molecular formula is C12H22N2O3. The summed E-state index contributed by atoms with van der Waals surface area (Å²) in [5.41, 5.74) is 0. The van der Waals surface area contributed by atoms with Gasteiger partial charge in [-0.05, 0) is 19.4 Å². The Morgan fingerprint density at radius 3 is 3.12 bits per heavy atom. The van der Waals surface area contributed by atoms with Crippen molar-refractivity contribution >= 4 is 5.91 Å². The van der Waals surface area contributed by atoms with Gasteiger partial charge in [0.2, 0.25) is 5.91 Å². The van der Waals surface area contributed by atoms with E-state index in [2.05, 4.69) is 5.32 Å². The maximum Gasteiger partial charge on any atom is 0.240 e. The van der Waals surface area contributed by atoms with Crippen molar-refractivity contribution in [3.63, 3.8) is 0 Å². The van der Waals surface area contributed by atoms with E-state index in [4.69, 9.17) is 4.74 Å². The average molecular weight is 242 g/mol. The molecule has 2 rings (SSSR count). The molecule has 5 heteroatoms. The van der Waals surface area contributed by atoms with Crippen LogP contribution in [-0.2, 0) is 9.53 Å². The van der Waals surface area contributed by atoms with Crippen molar-refractivity contribution in [1.29, 1.82) is 0 Å². The van der Waals surface area contributed by atoms with Gasteiger partial charge in [-0.3, -0.25) is 4.79 Å². The third kappa shape index (κ3) is 3.18. The van der Waals surface area contributed by atoms with Gasteiger partial charge >= 0.3 is 0 Å². The second kappa shape index (κ2) is 6.33. The Hall–Kier alpha value is -0.650. The number of nitrogens with zero attached hydrogens (tertiary/aromatic N) is 1. The highest BCUT2D eigenvalue weighted by Gasteiger charge is 2.31. The Morgan fingerprint density at radius 2 is 2.29 bits per heavy atom. The van der Waals surface area contributed by atoms with Gasteiger partial charge in [0.05, 0.1) is 31.9 Å². The van der Waals surface area contributed by atoms with Crippen LogP contribution >= 0.6 is 0 Å². The number of amides is 1. The Bertz CT molecular complexity index is 252. The maximum absolute atomic E-state index is 12.4. The van der Waals surface area contributed by atoms with Crippen LogP contribution in [0.25, 0.3) is 0 Å². The number of hydrogen-bond donors (Lipinski definition) is 2. The SMILES string of the molecule is O=C(C1CCCCCN1)N1CCOCC1CO. The van der Waals surface area contributed by atoms with Gasteiger partial charge in [-0.1, -0.05) is 12.8 Å². The van der Waals surface area contributed by atoms with Gasteiger partial charge in [0, 0.05) is 6.54 Å². The zero-order valence-corrected chi connectivity index (χ0v) is 10.2. The molecular weight excluding hydrogens is 220 g/mol. The Labute approximate surface area is 102 Å². The van der Waals surface area contributed by atoms with Gasteiger partial charge in [0.25, 0.3) is 0 Å². The van der Waals surface area contributed by atoms with Crippen molar-refractivity contribution < 1.29 is 14.6 Å². The molecule has 2 fully saturated rings. The number of carbonyl (C=O) groups is 1. The van der Waals surface area contributed by atoms with E-state index in [-0.39, 0.29) is 24.6 Å². The van der Waals surface area contributed by atoms with Crippen LogP contribution in [0.2, 0.25) is 0 Å². The summed E-state index contributed by atoms with van der Waals surface area (Å²) in [6.45, 7) is 2.54. The largest absolute Gasteiger partial charge is 0.394 e. The molecule has 0 radical (unpaired) electrons. The molecule has 2 saturated heterocycles. The lowest BCUT2D eigenvalue weighted by Crippen LogP contribution is -2.56. The first-order valence-electron chi connectivity index (χ1n) is 6.55. The first-order chi connectivity index (χ1) is 8.33. The minimum atomic E-state index is -0.165. The van der Waals surface area contributed by atoms with E-state index in [0.717, 1.165) is 25.8 Å². The monoisotopic (exact) mass is 242 g/mol. The minimum absolute atomic E-state index is 0.0154. The highest BCUT2D eigenvalue weighted by Crippen LogP contribution is 2.14. The van der Waals surface area contributed by atoms with Crippen LogP contribution in [0.5, 0.6) is 0 Å². The molecule has 0 saturated carbocycles. The molecule has 0 aromatic heterocycles. The van der Waals surface area contributed by atoms with Crippen molar-refractivity contribution in [1.82, 2.24) is 10.2 Å². The first-order valence-corrected chi connectivity index (χ1v) is 6.55. The molecule has 5 nitrogen and oxygen atoms in total. The van der Waals surface area contributed by atoms with Crippen LogP contribution in [-0.4, -0.2) is 60.9 Å². The molecule has 17 heavy (non-hydrogen) atoms. The summed E-state index contributed by atoms with van der Waals surface area (Å²) in [4.78, 5) is 14.2. The molecule has 2 N–H and O–H groups in total. The van der Waals surface area contributed by atoms with Gasteiger partial charge in [0.1, 0.15) is 0 Å².